The number of fused-ring (bicyclic) bond motifs is 1. The van der Waals surface area contributed by atoms with Gasteiger partial charge in [-0.25, -0.2) is 0 Å². The Morgan fingerprint density at radius 2 is 1.36 bits per heavy atom. The van der Waals surface area contributed by atoms with Gasteiger partial charge in [-0.2, -0.15) is 0 Å². The average molecular weight is 186 g/mol. The van der Waals surface area contributed by atoms with Crippen LogP contribution in [0, 0.1) is 13.8 Å². The highest BCUT2D eigenvalue weighted by Gasteiger charge is 2.08. The van der Waals surface area contributed by atoms with Gasteiger partial charge < -0.3 is 11.5 Å². The molecule has 0 saturated carbocycles. The van der Waals surface area contributed by atoms with Crippen LogP contribution in [0.4, 0.5) is 11.4 Å². The molecule has 0 aliphatic heterocycles. The topological polar surface area (TPSA) is 52.0 Å². The number of aryl methyl sites for hydroxylation is 1. The van der Waals surface area contributed by atoms with E-state index >= 15 is 0 Å². The fraction of sp³-hybridized carbons (Fsp3) is 0.167. The molecule has 0 aliphatic rings. The van der Waals surface area contributed by atoms with Gasteiger partial charge in [0.25, 0.3) is 0 Å². The standard InChI is InChI=1S/C12H14N2/c1-7-8(2)11(13)12(14)10-6-4-3-5-9(7)10/h3-6H,13-14H2,1-2H3. The number of rotatable bonds is 0. The van der Waals surface area contributed by atoms with Crippen molar-refractivity contribution in [3.05, 3.63) is 35.4 Å². The summed E-state index contributed by atoms with van der Waals surface area (Å²) in [6.45, 7) is 4.08. The Bertz CT molecular complexity index is 455. The summed E-state index contributed by atoms with van der Waals surface area (Å²) in [4.78, 5) is 0. The third-order valence-electron chi connectivity index (χ3n) is 2.88. The Morgan fingerprint density at radius 1 is 0.786 bits per heavy atom. The lowest BCUT2D eigenvalue weighted by Gasteiger charge is -2.12. The van der Waals surface area contributed by atoms with Gasteiger partial charge in [0.1, 0.15) is 0 Å². The van der Waals surface area contributed by atoms with E-state index in [0.717, 1.165) is 10.9 Å². The van der Waals surface area contributed by atoms with E-state index in [4.69, 9.17) is 11.5 Å². The molecule has 2 aromatic carbocycles. The molecule has 0 fully saturated rings. The number of hydrogen-bond acceptors (Lipinski definition) is 2. The molecule has 2 aromatic rings. The fourth-order valence-electron chi connectivity index (χ4n) is 1.80. The van der Waals surface area contributed by atoms with Crippen molar-refractivity contribution >= 4 is 22.1 Å². The lowest BCUT2D eigenvalue weighted by atomic mass is 9.97. The normalized spacial score (nSPS) is 10.7. The van der Waals surface area contributed by atoms with E-state index in [2.05, 4.69) is 13.0 Å². The molecule has 0 saturated heterocycles. The first-order valence-corrected chi connectivity index (χ1v) is 4.65. The van der Waals surface area contributed by atoms with Crippen LogP contribution in [0.2, 0.25) is 0 Å². The Morgan fingerprint density at radius 3 is 2.00 bits per heavy atom. The van der Waals surface area contributed by atoms with Crippen molar-refractivity contribution in [1.82, 2.24) is 0 Å². The summed E-state index contributed by atoms with van der Waals surface area (Å²) in [5.41, 5.74) is 15.6. The van der Waals surface area contributed by atoms with Crippen molar-refractivity contribution in [2.75, 3.05) is 11.5 Å². The highest BCUT2D eigenvalue weighted by molar-refractivity contribution is 6.01. The van der Waals surface area contributed by atoms with E-state index in [0.29, 0.717) is 11.4 Å². The molecule has 2 heteroatoms. The number of benzene rings is 2. The number of hydrogen-bond donors (Lipinski definition) is 2. The van der Waals surface area contributed by atoms with Gasteiger partial charge in [0, 0.05) is 5.39 Å². The largest absolute Gasteiger partial charge is 0.397 e. The molecule has 2 rings (SSSR count). The molecular formula is C12H14N2. The molecule has 0 radical (unpaired) electrons. The van der Waals surface area contributed by atoms with Crippen LogP contribution >= 0.6 is 0 Å². The summed E-state index contributed by atoms with van der Waals surface area (Å²) in [5.74, 6) is 0. The number of nitrogen functional groups attached to an aromatic ring is 2. The SMILES string of the molecule is Cc1c(N)c(N)c2ccccc2c1C. The zero-order chi connectivity index (χ0) is 10.3. The average Bonchev–Trinajstić information content (AvgIpc) is 2.23. The van der Waals surface area contributed by atoms with Crippen LogP contribution in [0.5, 0.6) is 0 Å². The van der Waals surface area contributed by atoms with Gasteiger partial charge in [-0.3, -0.25) is 0 Å². The van der Waals surface area contributed by atoms with Crippen LogP contribution in [0.25, 0.3) is 10.8 Å². The van der Waals surface area contributed by atoms with Crippen LogP contribution in [-0.2, 0) is 0 Å². The minimum absolute atomic E-state index is 0.698. The van der Waals surface area contributed by atoms with E-state index < -0.39 is 0 Å². The Hall–Kier alpha value is -1.70. The fourth-order valence-corrected chi connectivity index (χ4v) is 1.80. The van der Waals surface area contributed by atoms with E-state index in [1.165, 1.54) is 10.9 Å². The van der Waals surface area contributed by atoms with Crippen LogP contribution < -0.4 is 11.5 Å². The maximum atomic E-state index is 5.96. The summed E-state index contributed by atoms with van der Waals surface area (Å²) in [6.07, 6.45) is 0. The first-order chi connectivity index (χ1) is 6.63. The number of anilines is 2. The second-order valence-electron chi connectivity index (χ2n) is 3.62. The first-order valence-electron chi connectivity index (χ1n) is 4.65. The van der Waals surface area contributed by atoms with E-state index in [9.17, 15) is 0 Å². The van der Waals surface area contributed by atoms with Crippen molar-refractivity contribution in [3.8, 4) is 0 Å². The van der Waals surface area contributed by atoms with Crippen molar-refractivity contribution < 1.29 is 0 Å². The molecule has 14 heavy (non-hydrogen) atoms. The monoisotopic (exact) mass is 186 g/mol. The van der Waals surface area contributed by atoms with Crippen LogP contribution in [0.15, 0.2) is 24.3 Å². The van der Waals surface area contributed by atoms with Crippen LogP contribution in [0.3, 0.4) is 0 Å². The highest BCUT2D eigenvalue weighted by Crippen LogP contribution is 2.33. The molecule has 0 aromatic heterocycles. The minimum Gasteiger partial charge on any atom is -0.397 e. The summed E-state index contributed by atoms with van der Waals surface area (Å²) in [6, 6.07) is 8.08. The zero-order valence-corrected chi connectivity index (χ0v) is 8.46. The Balaban J connectivity index is 3.02. The van der Waals surface area contributed by atoms with Gasteiger partial charge in [0.15, 0.2) is 0 Å². The van der Waals surface area contributed by atoms with Gasteiger partial charge >= 0.3 is 0 Å². The summed E-state index contributed by atoms with van der Waals surface area (Å²) >= 11 is 0. The van der Waals surface area contributed by atoms with Crippen molar-refractivity contribution in [1.29, 1.82) is 0 Å². The Kier molecular flexibility index (Phi) is 1.84. The first kappa shape index (κ1) is 8.88. The molecule has 0 aliphatic carbocycles. The molecule has 0 spiro atoms. The molecule has 4 N–H and O–H groups in total. The van der Waals surface area contributed by atoms with Gasteiger partial charge in [0.05, 0.1) is 11.4 Å². The van der Waals surface area contributed by atoms with Crippen molar-refractivity contribution in [2.24, 2.45) is 0 Å². The lowest BCUT2D eigenvalue weighted by molar-refractivity contribution is 1.38. The molecule has 0 amide bonds. The smallest absolute Gasteiger partial charge is 0.0630 e. The Labute approximate surface area is 83.5 Å². The lowest BCUT2D eigenvalue weighted by Crippen LogP contribution is -2.00. The van der Waals surface area contributed by atoms with Gasteiger partial charge in [-0.1, -0.05) is 24.3 Å². The second-order valence-corrected chi connectivity index (χ2v) is 3.62. The molecule has 0 atom stereocenters. The molecule has 0 bridgehead atoms. The van der Waals surface area contributed by atoms with E-state index in [1.807, 2.05) is 25.1 Å². The van der Waals surface area contributed by atoms with Gasteiger partial charge in [-0.15, -0.1) is 0 Å². The molecule has 2 nitrogen and oxygen atoms in total. The van der Waals surface area contributed by atoms with E-state index in [-0.39, 0.29) is 0 Å². The molecule has 0 unspecified atom stereocenters. The second kappa shape index (κ2) is 2.91. The highest BCUT2D eigenvalue weighted by atomic mass is 14.7. The van der Waals surface area contributed by atoms with Crippen LogP contribution in [0.1, 0.15) is 11.1 Å². The van der Waals surface area contributed by atoms with Gasteiger partial charge in [-0.05, 0) is 30.4 Å². The van der Waals surface area contributed by atoms with E-state index in [1.54, 1.807) is 0 Å². The number of nitrogens with two attached hydrogens (primary N) is 2. The zero-order valence-electron chi connectivity index (χ0n) is 8.46. The molecular weight excluding hydrogens is 172 g/mol. The minimum atomic E-state index is 0.698. The van der Waals surface area contributed by atoms with Gasteiger partial charge in [0.2, 0.25) is 0 Å². The summed E-state index contributed by atoms with van der Waals surface area (Å²) in [7, 11) is 0. The third-order valence-corrected chi connectivity index (χ3v) is 2.88. The summed E-state index contributed by atoms with van der Waals surface area (Å²) < 4.78 is 0. The maximum Gasteiger partial charge on any atom is 0.0630 e. The van der Waals surface area contributed by atoms with Crippen molar-refractivity contribution in [2.45, 2.75) is 13.8 Å². The van der Waals surface area contributed by atoms with Crippen molar-refractivity contribution in [3.63, 3.8) is 0 Å². The van der Waals surface area contributed by atoms with Crippen LogP contribution in [-0.4, -0.2) is 0 Å². The third kappa shape index (κ3) is 1.04. The quantitative estimate of drug-likeness (QED) is 0.621. The predicted octanol–water partition coefficient (Wildman–Crippen LogP) is 2.62. The molecule has 0 heterocycles. The predicted molar refractivity (Wildman–Crippen MR) is 62.2 cm³/mol. The summed E-state index contributed by atoms with van der Waals surface area (Å²) in [5, 5.41) is 2.24. The maximum absolute atomic E-state index is 5.96. The molecule has 72 valence electrons.